The number of nitrogens with two attached hydrogens (primary N) is 1. The molecule has 0 saturated carbocycles. The van der Waals surface area contributed by atoms with Gasteiger partial charge in [-0.2, -0.15) is 0 Å². The van der Waals surface area contributed by atoms with Crippen LogP contribution in [0.1, 0.15) is 12.0 Å². The van der Waals surface area contributed by atoms with E-state index >= 15 is 0 Å². The van der Waals surface area contributed by atoms with E-state index in [0.29, 0.717) is 19.4 Å². The summed E-state index contributed by atoms with van der Waals surface area (Å²) in [6.07, 6.45) is 1.13. The van der Waals surface area contributed by atoms with Gasteiger partial charge in [-0.1, -0.05) is 18.2 Å². The smallest absolute Gasteiger partial charge is 0.234 e. The number of nitrogens with one attached hydrogen (secondary N) is 2. The van der Waals surface area contributed by atoms with Crippen molar-refractivity contribution in [2.45, 2.75) is 18.9 Å². The monoisotopic (exact) mass is 245 g/mol. The lowest BCUT2D eigenvalue weighted by Crippen LogP contribution is -2.43. The largest absolute Gasteiger partial charge is 0.368 e. The van der Waals surface area contributed by atoms with E-state index in [-0.39, 0.29) is 5.91 Å². The lowest BCUT2D eigenvalue weighted by molar-refractivity contribution is -0.125. The van der Waals surface area contributed by atoms with Gasteiger partial charge in [-0.15, -0.1) is 0 Å². The van der Waals surface area contributed by atoms with Crippen molar-refractivity contribution in [3.63, 3.8) is 0 Å². The molecule has 1 spiro atoms. The molecule has 0 bridgehead atoms. The summed E-state index contributed by atoms with van der Waals surface area (Å²) in [7, 11) is 0. The first-order valence-electron chi connectivity index (χ1n) is 6.03. The van der Waals surface area contributed by atoms with Crippen LogP contribution in [-0.2, 0) is 16.0 Å². The van der Waals surface area contributed by atoms with Gasteiger partial charge in [0, 0.05) is 12.2 Å². The average molecular weight is 245 g/mol. The molecule has 1 saturated heterocycles. The molecule has 0 aliphatic carbocycles. The van der Waals surface area contributed by atoms with Crippen LogP contribution in [0, 0.1) is 5.41 Å². The van der Waals surface area contributed by atoms with Crippen LogP contribution in [0.3, 0.4) is 0 Å². The molecule has 5 nitrogen and oxygen atoms in total. The van der Waals surface area contributed by atoms with Crippen LogP contribution < -0.4 is 16.4 Å². The van der Waals surface area contributed by atoms with Crippen molar-refractivity contribution in [1.29, 1.82) is 0 Å². The number of amides is 2. The van der Waals surface area contributed by atoms with Gasteiger partial charge in [0.05, 0.1) is 11.5 Å². The number of primary amides is 1. The molecule has 4 N–H and O–H groups in total. The second-order valence-corrected chi connectivity index (χ2v) is 5.11. The minimum Gasteiger partial charge on any atom is -0.368 e. The Morgan fingerprint density at radius 1 is 1.39 bits per heavy atom. The molecule has 2 heterocycles. The minimum atomic E-state index is -0.534. The standard InChI is InChI=1S/C13H15N3O2/c14-11(17)10-6-13(7-15-10)5-8-3-1-2-4-9(8)16-12(13)18/h1-4,10,15H,5-7H2,(H2,14,17)(H,16,18)/t10-,13-/m0/s1. The van der Waals surface area contributed by atoms with Crippen LogP contribution in [-0.4, -0.2) is 24.4 Å². The van der Waals surface area contributed by atoms with Crippen LogP contribution >= 0.6 is 0 Å². The Morgan fingerprint density at radius 3 is 2.89 bits per heavy atom. The Balaban J connectivity index is 1.92. The van der Waals surface area contributed by atoms with Gasteiger partial charge in [0.1, 0.15) is 0 Å². The van der Waals surface area contributed by atoms with Gasteiger partial charge >= 0.3 is 0 Å². The van der Waals surface area contributed by atoms with Gasteiger partial charge < -0.3 is 16.4 Å². The molecule has 2 aliphatic rings. The van der Waals surface area contributed by atoms with Gasteiger partial charge in [0.25, 0.3) is 0 Å². The highest BCUT2D eigenvalue weighted by Gasteiger charge is 2.48. The van der Waals surface area contributed by atoms with E-state index in [1.54, 1.807) is 0 Å². The van der Waals surface area contributed by atoms with E-state index in [1.807, 2.05) is 24.3 Å². The number of fused-ring (bicyclic) bond motifs is 1. The van der Waals surface area contributed by atoms with Gasteiger partial charge in [0.2, 0.25) is 11.8 Å². The van der Waals surface area contributed by atoms with Gasteiger partial charge in [0.15, 0.2) is 0 Å². The minimum absolute atomic E-state index is 0.0162. The van der Waals surface area contributed by atoms with Gasteiger partial charge in [-0.3, -0.25) is 9.59 Å². The summed E-state index contributed by atoms with van der Waals surface area (Å²) in [4.78, 5) is 23.5. The van der Waals surface area contributed by atoms with Crippen LogP contribution in [0.2, 0.25) is 0 Å². The third-order valence-corrected chi connectivity index (χ3v) is 3.90. The summed E-state index contributed by atoms with van der Waals surface area (Å²) in [5, 5.41) is 5.96. The summed E-state index contributed by atoms with van der Waals surface area (Å²) in [6.45, 7) is 0.501. The van der Waals surface area contributed by atoms with Crippen LogP contribution in [0.4, 0.5) is 5.69 Å². The summed E-state index contributed by atoms with van der Waals surface area (Å²) >= 11 is 0. The maximum Gasteiger partial charge on any atom is 0.234 e. The topological polar surface area (TPSA) is 84.2 Å². The zero-order valence-corrected chi connectivity index (χ0v) is 9.90. The molecule has 18 heavy (non-hydrogen) atoms. The zero-order valence-electron chi connectivity index (χ0n) is 9.90. The number of rotatable bonds is 1. The second kappa shape index (κ2) is 3.81. The lowest BCUT2D eigenvalue weighted by atomic mass is 9.76. The number of anilines is 1. The molecule has 0 radical (unpaired) electrons. The summed E-state index contributed by atoms with van der Waals surface area (Å²) in [5.41, 5.74) is 6.75. The van der Waals surface area contributed by atoms with Crippen molar-refractivity contribution in [1.82, 2.24) is 5.32 Å². The fraction of sp³-hybridized carbons (Fsp3) is 0.385. The summed E-state index contributed by atoms with van der Waals surface area (Å²) in [5.74, 6) is -0.406. The quantitative estimate of drug-likeness (QED) is 0.652. The Morgan fingerprint density at radius 2 is 2.17 bits per heavy atom. The fourth-order valence-corrected chi connectivity index (χ4v) is 2.86. The lowest BCUT2D eigenvalue weighted by Gasteiger charge is -2.33. The highest BCUT2D eigenvalue weighted by molar-refractivity contribution is 5.99. The predicted octanol–water partition coefficient (Wildman–Crippen LogP) is 0.0148. The molecule has 5 heteroatoms. The van der Waals surface area contributed by atoms with E-state index in [2.05, 4.69) is 10.6 Å². The van der Waals surface area contributed by atoms with Crippen LogP contribution in [0.25, 0.3) is 0 Å². The highest BCUT2D eigenvalue weighted by Crippen LogP contribution is 2.39. The molecule has 2 aliphatic heterocycles. The van der Waals surface area contributed by atoms with Crippen molar-refractivity contribution in [3.05, 3.63) is 29.8 Å². The van der Waals surface area contributed by atoms with Gasteiger partial charge in [-0.05, 0) is 24.5 Å². The van der Waals surface area contributed by atoms with Gasteiger partial charge in [-0.25, -0.2) is 0 Å². The fourth-order valence-electron chi connectivity index (χ4n) is 2.86. The highest BCUT2D eigenvalue weighted by atomic mass is 16.2. The Kier molecular flexibility index (Phi) is 2.38. The molecule has 1 aromatic carbocycles. The molecule has 94 valence electrons. The molecule has 2 amide bonds. The molecule has 3 rings (SSSR count). The molecule has 1 aromatic rings. The first kappa shape index (κ1) is 11.2. The molecule has 0 unspecified atom stereocenters. The van der Waals surface area contributed by atoms with E-state index in [0.717, 1.165) is 11.3 Å². The van der Waals surface area contributed by atoms with E-state index in [4.69, 9.17) is 5.73 Å². The number of carbonyl (C=O) groups is 2. The van der Waals surface area contributed by atoms with E-state index < -0.39 is 17.4 Å². The summed E-state index contributed by atoms with van der Waals surface area (Å²) in [6, 6.07) is 7.36. The third-order valence-electron chi connectivity index (χ3n) is 3.90. The number of carbonyl (C=O) groups excluding carboxylic acids is 2. The van der Waals surface area contributed by atoms with Crippen LogP contribution in [0.15, 0.2) is 24.3 Å². The molecule has 0 aromatic heterocycles. The van der Waals surface area contributed by atoms with Crippen molar-refractivity contribution in [2.75, 3.05) is 11.9 Å². The molecule has 1 fully saturated rings. The zero-order chi connectivity index (χ0) is 12.8. The Hall–Kier alpha value is -1.88. The Bertz CT molecular complexity index is 529. The first-order chi connectivity index (χ1) is 8.61. The number of para-hydroxylation sites is 1. The van der Waals surface area contributed by atoms with Crippen molar-refractivity contribution < 1.29 is 9.59 Å². The predicted molar refractivity (Wildman–Crippen MR) is 66.8 cm³/mol. The van der Waals surface area contributed by atoms with Crippen molar-refractivity contribution in [3.8, 4) is 0 Å². The van der Waals surface area contributed by atoms with Crippen molar-refractivity contribution >= 4 is 17.5 Å². The van der Waals surface area contributed by atoms with Crippen LogP contribution in [0.5, 0.6) is 0 Å². The first-order valence-corrected chi connectivity index (χ1v) is 6.03. The van der Waals surface area contributed by atoms with E-state index in [1.165, 1.54) is 0 Å². The molecular weight excluding hydrogens is 230 g/mol. The van der Waals surface area contributed by atoms with E-state index in [9.17, 15) is 9.59 Å². The summed E-state index contributed by atoms with van der Waals surface area (Å²) < 4.78 is 0. The second-order valence-electron chi connectivity index (χ2n) is 5.11. The Labute approximate surface area is 105 Å². The normalized spacial score (nSPS) is 30.0. The average Bonchev–Trinajstić information content (AvgIpc) is 2.76. The van der Waals surface area contributed by atoms with Crippen molar-refractivity contribution in [2.24, 2.45) is 11.1 Å². The number of hydrogen-bond acceptors (Lipinski definition) is 3. The maximum absolute atomic E-state index is 12.2. The molecule has 2 atom stereocenters. The number of hydrogen-bond donors (Lipinski definition) is 3. The third kappa shape index (κ3) is 1.59. The molecular formula is C13H15N3O2. The number of benzene rings is 1. The maximum atomic E-state index is 12.2. The SMILES string of the molecule is NC(=O)[C@@H]1C[C@]2(CN1)Cc1ccccc1NC2=O.